The number of hydrogen-bond acceptors (Lipinski definition) is 3. The van der Waals surface area contributed by atoms with Crippen molar-refractivity contribution in [3.05, 3.63) is 34.9 Å². The molecule has 0 spiro atoms. The molecule has 0 unspecified atom stereocenters. The lowest BCUT2D eigenvalue weighted by molar-refractivity contribution is 0.121. The summed E-state index contributed by atoms with van der Waals surface area (Å²) in [7, 11) is 0. The Balaban J connectivity index is 3.16. The van der Waals surface area contributed by atoms with E-state index >= 15 is 0 Å². The summed E-state index contributed by atoms with van der Waals surface area (Å²) in [6.07, 6.45) is 0. The average Bonchev–Trinajstić information content (AvgIpc) is 2.10. The number of halogens is 2. The van der Waals surface area contributed by atoms with Crippen LogP contribution in [0.25, 0.3) is 0 Å². The summed E-state index contributed by atoms with van der Waals surface area (Å²) >= 11 is 0. The van der Waals surface area contributed by atoms with Crippen molar-refractivity contribution in [3.8, 4) is 6.07 Å². The molecule has 0 amide bonds. The second kappa shape index (κ2) is 3.94. The highest BCUT2D eigenvalue weighted by Gasteiger charge is 2.08. The third-order valence-corrected chi connectivity index (χ3v) is 1.50. The molecule has 0 heterocycles. The van der Waals surface area contributed by atoms with Crippen molar-refractivity contribution in [1.29, 1.82) is 5.26 Å². The third kappa shape index (κ3) is 1.99. The van der Waals surface area contributed by atoms with Crippen LogP contribution in [0, 0.1) is 23.0 Å². The van der Waals surface area contributed by atoms with E-state index in [2.05, 4.69) is 4.84 Å². The molecule has 1 aromatic rings. The Bertz CT molecular complexity index is 360. The minimum atomic E-state index is -0.888. The van der Waals surface area contributed by atoms with Gasteiger partial charge in [0.15, 0.2) is 0 Å². The van der Waals surface area contributed by atoms with Crippen molar-refractivity contribution in [2.75, 3.05) is 0 Å². The highest BCUT2D eigenvalue weighted by molar-refractivity contribution is 5.35. The van der Waals surface area contributed by atoms with Gasteiger partial charge in [-0.3, -0.25) is 4.84 Å². The molecule has 2 N–H and O–H groups in total. The topological polar surface area (TPSA) is 59.0 Å². The van der Waals surface area contributed by atoms with E-state index in [0.29, 0.717) is 6.07 Å². The van der Waals surface area contributed by atoms with Crippen molar-refractivity contribution in [3.63, 3.8) is 0 Å². The van der Waals surface area contributed by atoms with Crippen molar-refractivity contribution in [1.82, 2.24) is 0 Å². The van der Waals surface area contributed by atoms with Gasteiger partial charge in [0.1, 0.15) is 17.7 Å². The Kier molecular flexibility index (Phi) is 2.90. The first-order valence-electron chi connectivity index (χ1n) is 3.38. The van der Waals surface area contributed by atoms with E-state index in [4.69, 9.17) is 11.2 Å². The van der Waals surface area contributed by atoms with Crippen LogP contribution in [0.3, 0.4) is 0 Å². The molecule has 68 valence electrons. The van der Waals surface area contributed by atoms with E-state index in [1.54, 1.807) is 6.07 Å². The van der Waals surface area contributed by atoms with Gasteiger partial charge in [0.05, 0.1) is 12.2 Å². The first-order chi connectivity index (χ1) is 6.19. The minimum Gasteiger partial charge on any atom is -0.300 e. The number of nitrogens with two attached hydrogens (primary N) is 1. The molecule has 0 atom stereocenters. The lowest BCUT2D eigenvalue weighted by atomic mass is 10.1. The summed E-state index contributed by atoms with van der Waals surface area (Å²) in [6.45, 7) is -0.194. The van der Waals surface area contributed by atoms with Gasteiger partial charge in [0.2, 0.25) is 0 Å². The summed E-state index contributed by atoms with van der Waals surface area (Å²) in [5, 5.41) is 8.42. The number of hydrogen-bond donors (Lipinski definition) is 1. The standard InChI is InChI=1S/C8H6F2N2O/c9-7-2-8(10)6(4-13-12)1-5(7)3-11/h1-2H,4,12H2. The molecule has 0 radical (unpaired) electrons. The van der Waals surface area contributed by atoms with Crippen LogP contribution in [0.5, 0.6) is 0 Å². The van der Waals surface area contributed by atoms with Gasteiger partial charge in [-0.1, -0.05) is 0 Å². The third-order valence-electron chi connectivity index (χ3n) is 1.50. The Morgan fingerprint density at radius 1 is 1.38 bits per heavy atom. The quantitative estimate of drug-likeness (QED) is 0.703. The molecule has 0 aliphatic rings. The second-order valence-corrected chi connectivity index (χ2v) is 2.35. The summed E-state index contributed by atoms with van der Waals surface area (Å²) in [4.78, 5) is 4.18. The lowest BCUT2D eigenvalue weighted by Crippen LogP contribution is -2.02. The predicted molar refractivity (Wildman–Crippen MR) is 40.0 cm³/mol. The number of rotatable bonds is 2. The lowest BCUT2D eigenvalue weighted by Gasteiger charge is -2.02. The van der Waals surface area contributed by atoms with Crippen molar-refractivity contribution in [2.45, 2.75) is 6.61 Å². The Morgan fingerprint density at radius 2 is 2.08 bits per heavy atom. The zero-order chi connectivity index (χ0) is 9.84. The maximum atomic E-state index is 12.9. The van der Waals surface area contributed by atoms with Crippen LogP contribution in [0.1, 0.15) is 11.1 Å². The summed E-state index contributed by atoms with van der Waals surface area (Å²) < 4.78 is 25.6. The van der Waals surface area contributed by atoms with Crippen molar-refractivity contribution >= 4 is 0 Å². The summed E-state index contributed by atoms with van der Waals surface area (Å²) in [5.41, 5.74) is -0.172. The van der Waals surface area contributed by atoms with E-state index in [1.807, 2.05) is 0 Å². The molecule has 1 aromatic carbocycles. The van der Waals surface area contributed by atoms with E-state index in [9.17, 15) is 8.78 Å². The largest absolute Gasteiger partial charge is 0.300 e. The van der Waals surface area contributed by atoms with Gasteiger partial charge in [0.25, 0.3) is 0 Å². The highest BCUT2D eigenvalue weighted by atomic mass is 19.1. The molecule has 0 bridgehead atoms. The molecule has 0 fully saturated rings. The smallest absolute Gasteiger partial charge is 0.143 e. The Labute approximate surface area is 73.3 Å². The molecule has 0 aromatic heterocycles. The Morgan fingerprint density at radius 3 is 2.62 bits per heavy atom. The first-order valence-corrected chi connectivity index (χ1v) is 3.38. The molecule has 1 rings (SSSR count). The molecular weight excluding hydrogens is 178 g/mol. The maximum Gasteiger partial charge on any atom is 0.143 e. The van der Waals surface area contributed by atoms with Crippen LogP contribution in [-0.2, 0) is 11.4 Å². The van der Waals surface area contributed by atoms with Crippen LogP contribution in [0.4, 0.5) is 8.78 Å². The Hall–Kier alpha value is -1.51. The van der Waals surface area contributed by atoms with Gasteiger partial charge in [-0.05, 0) is 6.07 Å². The van der Waals surface area contributed by atoms with E-state index in [1.165, 1.54) is 0 Å². The van der Waals surface area contributed by atoms with Gasteiger partial charge in [-0.2, -0.15) is 5.26 Å². The van der Waals surface area contributed by atoms with Gasteiger partial charge in [-0.15, -0.1) is 0 Å². The highest BCUT2D eigenvalue weighted by Crippen LogP contribution is 2.14. The number of benzene rings is 1. The van der Waals surface area contributed by atoms with Crippen molar-refractivity contribution < 1.29 is 13.6 Å². The molecule has 5 heteroatoms. The molecule has 0 aliphatic carbocycles. The van der Waals surface area contributed by atoms with Gasteiger partial charge in [-0.25, -0.2) is 14.7 Å². The van der Waals surface area contributed by atoms with Crippen molar-refractivity contribution in [2.24, 2.45) is 5.90 Å². The molecule has 13 heavy (non-hydrogen) atoms. The van der Waals surface area contributed by atoms with Crippen LogP contribution in [0.2, 0.25) is 0 Å². The molecule has 0 aliphatic heterocycles. The molecule has 0 saturated heterocycles. The number of nitriles is 1. The molecule has 0 saturated carbocycles. The zero-order valence-corrected chi connectivity index (χ0v) is 6.55. The normalized spacial score (nSPS) is 9.69. The first kappa shape index (κ1) is 9.58. The fourth-order valence-corrected chi connectivity index (χ4v) is 0.880. The monoisotopic (exact) mass is 184 g/mol. The average molecular weight is 184 g/mol. The van der Waals surface area contributed by atoms with Crippen LogP contribution in [0.15, 0.2) is 12.1 Å². The van der Waals surface area contributed by atoms with Gasteiger partial charge >= 0.3 is 0 Å². The predicted octanol–water partition coefficient (Wildman–Crippen LogP) is 1.23. The molecular formula is C8H6F2N2O. The SMILES string of the molecule is N#Cc1cc(CON)c(F)cc1F. The zero-order valence-electron chi connectivity index (χ0n) is 6.55. The maximum absolute atomic E-state index is 12.9. The fourth-order valence-electron chi connectivity index (χ4n) is 0.880. The summed E-state index contributed by atoms with van der Waals surface area (Å²) in [5.74, 6) is 3.05. The summed E-state index contributed by atoms with van der Waals surface area (Å²) in [6, 6.07) is 3.28. The van der Waals surface area contributed by atoms with E-state index < -0.39 is 11.6 Å². The van der Waals surface area contributed by atoms with Crippen LogP contribution in [-0.4, -0.2) is 0 Å². The van der Waals surface area contributed by atoms with Gasteiger partial charge in [0, 0.05) is 11.6 Å². The minimum absolute atomic E-state index is 0.0560. The molecule has 3 nitrogen and oxygen atoms in total. The van der Waals surface area contributed by atoms with Gasteiger partial charge < -0.3 is 0 Å². The number of nitrogens with zero attached hydrogens (tertiary/aromatic N) is 1. The van der Waals surface area contributed by atoms with Crippen LogP contribution >= 0.6 is 0 Å². The van der Waals surface area contributed by atoms with Crippen LogP contribution < -0.4 is 5.90 Å². The second-order valence-electron chi connectivity index (χ2n) is 2.35. The van der Waals surface area contributed by atoms with E-state index in [0.717, 1.165) is 6.07 Å². The fraction of sp³-hybridized carbons (Fsp3) is 0.125. The van der Waals surface area contributed by atoms with E-state index in [-0.39, 0.29) is 17.7 Å².